The summed E-state index contributed by atoms with van der Waals surface area (Å²) in [7, 11) is -0.921. The van der Waals surface area contributed by atoms with Crippen LogP contribution in [0.1, 0.15) is 13.3 Å². The number of rotatable bonds is 7. The summed E-state index contributed by atoms with van der Waals surface area (Å²) in [6.45, 7) is 6.67. The standard InChI is InChI=1S/C13H20OSi/c1-3-5-11-15(12-14-4-2)13-9-7-6-8-10-13/h3,6-10,15H,1,4-5,11-12H2,2H3. The molecular formula is C13H20OSi. The Hall–Kier alpha value is -0.863. The van der Waals surface area contributed by atoms with Crippen molar-refractivity contribution in [1.82, 2.24) is 0 Å². The highest BCUT2D eigenvalue weighted by atomic mass is 28.3. The summed E-state index contributed by atoms with van der Waals surface area (Å²) >= 11 is 0. The molecule has 1 atom stereocenters. The first kappa shape index (κ1) is 12.2. The molecule has 0 fully saturated rings. The molecule has 0 saturated heterocycles. The van der Waals surface area contributed by atoms with Crippen LogP contribution in [-0.2, 0) is 4.74 Å². The minimum atomic E-state index is -0.921. The van der Waals surface area contributed by atoms with Gasteiger partial charge >= 0.3 is 0 Å². The summed E-state index contributed by atoms with van der Waals surface area (Å²) < 4.78 is 5.57. The van der Waals surface area contributed by atoms with E-state index in [0.717, 1.165) is 19.3 Å². The van der Waals surface area contributed by atoms with Crippen LogP contribution in [0.5, 0.6) is 0 Å². The topological polar surface area (TPSA) is 9.23 Å². The zero-order chi connectivity index (χ0) is 10.9. The molecule has 0 aromatic heterocycles. The van der Waals surface area contributed by atoms with Crippen molar-refractivity contribution >= 4 is 14.0 Å². The van der Waals surface area contributed by atoms with E-state index >= 15 is 0 Å². The summed E-state index contributed by atoms with van der Waals surface area (Å²) in [6.07, 6.45) is 4.07. The Morgan fingerprint density at radius 2 is 2.07 bits per heavy atom. The molecule has 15 heavy (non-hydrogen) atoms. The molecule has 0 bridgehead atoms. The van der Waals surface area contributed by atoms with Crippen molar-refractivity contribution in [3.8, 4) is 0 Å². The lowest BCUT2D eigenvalue weighted by Crippen LogP contribution is -2.35. The fourth-order valence-electron chi connectivity index (χ4n) is 1.65. The van der Waals surface area contributed by atoms with Crippen LogP contribution in [0.25, 0.3) is 0 Å². The van der Waals surface area contributed by atoms with Crippen molar-refractivity contribution in [2.24, 2.45) is 0 Å². The normalized spacial score (nSPS) is 12.3. The van der Waals surface area contributed by atoms with Crippen LogP contribution in [0.4, 0.5) is 0 Å². The molecule has 0 heterocycles. The molecular weight excluding hydrogens is 200 g/mol. The molecule has 1 rings (SSSR count). The highest BCUT2D eigenvalue weighted by Gasteiger charge is 2.12. The van der Waals surface area contributed by atoms with E-state index in [0.29, 0.717) is 0 Å². The number of hydrogen-bond acceptors (Lipinski definition) is 1. The van der Waals surface area contributed by atoms with Gasteiger partial charge in [0.05, 0.1) is 0 Å². The monoisotopic (exact) mass is 220 g/mol. The van der Waals surface area contributed by atoms with Crippen LogP contribution in [0, 0.1) is 0 Å². The number of ether oxygens (including phenoxy) is 1. The van der Waals surface area contributed by atoms with Gasteiger partial charge in [-0.3, -0.25) is 0 Å². The first-order chi connectivity index (χ1) is 7.38. The van der Waals surface area contributed by atoms with E-state index in [1.54, 1.807) is 0 Å². The third kappa shape index (κ3) is 4.45. The lowest BCUT2D eigenvalue weighted by Gasteiger charge is -2.14. The Labute approximate surface area is 94.4 Å². The van der Waals surface area contributed by atoms with Crippen molar-refractivity contribution in [3.05, 3.63) is 43.0 Å². The Balaban J connectivity index is 2.58. The molecule has 0 amide bonds. The van der Waals surface area contributed by atoms with Crippen LogP contribution < -0.4 is 5.19 Å². The molecule has 0 spiro atoms. The summed E-state index contributed by atoms with van der Waals surface area (Å²) in [5.41, 5.74) is 0. The second-order valence-electron chi connectivity index (χ2n) is 3.63. The highest BCUT2D eigenvalue weighted by Crippen LogP contribution is 2.01. The van der Waals surface area contributed by atoms with Gasteiger partial charge in [0.2, 0.25) is 0 Å². The maximum atomic E-state index is 5.57. The van der Waals surface area contributed by atoms with Gasteiger partial charge in [0.15, 0.2) is 0 Å². The lowest BCUT2D eigenvalue weighted by atomic mass is 10.4. The van der Waals surface area contributed by atoms with Crippen LogP contribution in [0.2, 0.25) is 6.04 Å². The van der Waals surface area contributed by atoms with Gasteiger partial charge in [-0.25, -0.2) is 0 Å². The van der Waals surface area contributed by atoms with Crippen LogP contribution in [0.3, 0.4) is 0 Å². The predicted octanol–water partition coefficient (Wildman–Crippen LogP) is 2.27. The van der Waals surface area contributed by atoms with E-state index in [-0.39, 0.29) is 0 Å². The highest BCUT2D eigenvalue weighted by molar-refractivity contribution is 6.73. The minimum Gasteiger partial charge on any atom is -0.385 e. The Bertz CT molecular complexity index is 271. The van der Waals surface area contributed by atoms with Gasteiger partial charge < -0.3 is 4.74 Å². The number of hydrogen-bond donors (Lipinski definition) is 0. The number of benzene rings is 1. The predicted molar refractivity (Wildman–Crippen MR) is 69.3 cm³/mol. The maximum Gasteiger partial charge on any atom is 0.100 e. The van der Waals surface area contributed by atoms with E-state index in [2.05, 4.69) is 43.8 Å². The Kier molecular flexibility index (Phi) is 6.05. The summed E-state index contributed by atoms with van der Waals surface area (Å²) in [5, 5.41) is 1.51. The molecule has 0 saturated carbocycles. The smallest absolute Gasteiger partial charge is 0.100 e. The maximum absolute atomic E-state index is 5.57. The zero-order valence-electron chi connectivity index (χ0n) is 9.49. The van der Waals surface area contributed by atoms with Crippen molar-refractivity contribution in [2.45, 2.75) is 19.4 Å². The SMILES string of the molecule is C=CCC[SiH](COCC)c1ccccc1. The lowest BCUT2D eigenvalue weighted by molar-refractivity contribution is 0.191. The van der Waals surface area contributed by atoms with Gasteiger partial charge in [-0.1, -0.05) is 47.6 Å². The molecule has 0 N–H and O–H groups in total. The van der Waals surface area contributed by atoms with Gasteiger partial charge in [0, 0.05) is 12.8 Å². The van der Waals surface area contributed by atoms with Crippen LogP contribution >= 0.6 is 0 Å². The van der Waals surface area contributed by atoms with Crippen molar-refractivity contribution < 1.29 is 4.74 Å². The number of allylic oxidation sites excluding steroid dienone is 1. The molecule has 1 nitrogen and oxygen atoms in total. The second kappa shape index (κ2) is 7.43. The summed E-state index contributed by atoms with van der Waals surface area (Å²) in [5.74, 6) is 0. The third-order valence-corrected chi connectivity index (χ3v) is 5.51. The molecule has 0 radical (unpaired) electrons. The van der Waals surface area contributed by atoms with E-state index < -0.39 is 8.80 Å². The molecule has 1 aromatic rings. The molecule has 1 aromatic carbocycles. The fraction of sp³-hybridized carbons (Fsp3) is 0.385. The van der Waals surface area contributed by atoms with E-state index in [1.165, 1.54) is 11.2 Å². The van der Waals surface area contributed by atoms with Gasteiger partial charge in [-0.2, -0.15) is 0 Å². The first-order valence-corrected chi connectivity index (χ1v) is 7.83. The summed E-state index contributed by atoms with van der Waals surface area (Å²) in [4.78, 5) is 0. The Morgan fingerprint density at radius 1 is 1.33 bits per heavy atom. The quantitative estimate of drug-likeness (QED) is 0.506. The van der Waals surface area contributed by atoms with Gasteiger partial charge in [-0.05, 0) is 13.3 Å². The second-order valence-corrected chi connectivity index (χ2v) is 6.60. The van der Waals surface area contributed by atoms with Gasteiger partial charge in [0.25, 0.3) is 0 Å². The fourth-order valence-corrected chi connectivity index (χ4v) is 4.27. The summed E-state index contributed by atoms with van der Waals surface area (Å²) in [6, 6.07) is 12.0. The van der Waals surface area contributed by atoms with Crippen LogP contribution in [0.15, 0.2) is 43.0 Å². The molecule has 0 aliphatic carbocycles. The van der Waals surface area contributed by atoms with Crippen LogP contribution in [-0.4, -0.2) is 21.6 Å². The Morgan fingerprint density at radius 3 is 2.67 bits per heavy atom. The van der Waals surface area contributed by atoms with Crippen molar-refractivity contribution in [3.63, 3.8) is 0 Å². The minimum absolute atomic E-state index is 0.824. The van der Waals surface area contributed by atoms with E-state index in [1.807, 2.05) is 6.08 Å². The molecule has 0 aliphatic heterocycles. The van der Waals surface area contributed by atoms with Crippen molar-refractivity contribution in [1.29, 1.82) is 0 Å². The van der Waals surface area contributed by atoms with Gasteiger partial charge in [0.1, 0.15) is 8.80 Å². The molecule has 0 aliphatic rings. The molecule has 2 heteroatoms. The average Bonchev–Trinajstić information content (AvgIpc) is 2.30. The largest absolute Gasteiger partial charge is 0.385 e. The van der Waals surface area contributed by atoms with Crippen molar-refractivity contribution in [2.75, 3.05) is 12.8 Å². The zero-order valence-corrected chi connectivity index (χ0v) is 10.6. The molecule has 1 unspecified atom stereocenters. The average molecular weight is 220 g/mol. The molecule has 82 valence electrons. The van der Waals surface area contributed by atoms with E-state index in [9.17, 15) is 0 Å². The third-order valence-electron chi connectivity index (χ3n) is 2.51. The first-order valence-electron chi connectivity index (χ1n) is 5.62. The van der Waals surface area contributed by atoms with E-state index in [4.69, 9.17) is 4.74 Å². The van der Waals surface area contributed by atoms with Gasteiger partial charge in [-0.15, -0.1) is 6.58 Å².